The molecule has 4 nitrogen and oxygen atoms in total. The molecule has 0 spiro atoms. The highest BCUT2D eigenvalue weighted by molar-refractivity contribution is 6.80. The summed E-state index contributed by atoms with van der Waals surface area (Å²) in [6.45, 7) is 8.89. The van der Waals surface area contributed by atoms with Crippen LogP contribution in [0.1, 0.15) is 13.3 Å². The molecule has 0 aliphatic heterocycles. The predicted molar refractivity (Wildman–Crippen MR) is 74.4 cm³/mol. The zero-order chi connectivity index (χ0) is 13.5. The van der Waals surface area contributed by atoms with Gasteiger partial charge in [-0.2, -0.15) is 0 Å². The van der Waals surface area contributed by atoms with Gasteiger partial charge in [0.15, 0.2) is 0 Å². The van der Waals surface area contributed by atoms with E-state index in [1.807, 2.05) is 6.92 Å². The monoisotopic (exact) mass is 278 g/mol. The molecule has 0 saturated carbocycles. The first-order chi connectivity index (χ1) is 7.78. The second-order valence-electron chi connectivity index (χ2n) is 5.04. The van der Waals surface area contributed by atoms with Gasteiger partial charge >= 0.3 is 9.05 Å². The normalized spacial score (nSPS) is 15.5. The summed E-state index contributed by atoms with van der Waals surface area (Å²) in [6, 6.07) is 0. The first kappa shape index (κ1) is 17.0. The molecule has 0 saturated heterocycles. The summed E-state index contributed by atoms with van der Waals surface area (Å²) in [5, 5.41) is 0. The van der Waals surface area contributed by atoms with Crippen LogP contribution >= 0.6 is 0 Å². The highest BCUT2D eigenvalue weighted by Crippen LogP contribution is 2.14. The summed E-state index contributed by atoms with van der Waals surface area (Å²) >= 11 is 0. The third kappa shape index (κ3) is 7.12. The standard InChI is InChI=1S/C11H26O4Si2/c1-11(9-8-10-16(5,6)7)15-17(12-2,13-3)14-4/h8,10-11H,9H2,1-7H3/b10-8-. The molecule has 0 bridgehead atoms. The number of hydrogen-bond acceptors (Lipinski definition) is 4. The quantitative estimate of drug-likeness (QED) is 0.640. The van der Waals surface area contributed by atoms with Gasteiger partial charge in [0.1, 0.15) is 0 Å². The van der Waals surface area contributed by atoms with Crippen LogP contribution in [0, 0.1) is 0 Å². The van der Waals surface area contributed by atoms with Crippen molar-refractivity contribution in [3.63, 3.8) is 0 Å². The summed E-state index contributed by atoms with van der Waals surface area (Å²) in [7, 11) is 0.611. The van der Waals surface area contributed by atoms with Gasteiger partial charge in [-0.15, -0.1) is 0 Å². The van der Waals surface area contributed by atoms with Crippen molar-refractivity contribution in [1.82, 2.24) is 0 Å². The zero-order valence-electron chi connectivity index (χ0n) is 12.1. The van der Waals surface area contributed by atoms with E-state index in [4.69, 9.17) is 17.7 Å². The molecule has 0 fully saturated rings. The van der Waals surface area contributed by atoms with Gasteiger partial charge in [-0.1, -0.05) is 31.4 Å². The van der Waals surface area contributed by atoms with Gasteiger partial charge in [-0.05, 0) is 13.3 Å². The third-order valence-electron chi connectivity index (χ3n) is 2.18. The van der Waals surface area contributed by atoms with Crippen LogP contribution in [0.25, 0.3) is 0 Å². The van der Waals surface area contributed by atoms with Crippen molar-refractivity contribution in [2.24, 2.45) is 0 Å². The molecule has 0 radical (unpaired) electrons. The minimum Gasteiger partial charge on any atom is -0.355 e. The van der Waals surface area contributed by atoms with E-state index in [0.717, 1.165) is 6.42 Å². The van der Waals surface area contributed by atoms with Crippen molar-refractivity contribution < 1.29 is 17.7 Å². The molecule has 0 aliphatic carbocycles. The van der Waals surface area contributed by atoms with Crippen LogP contribution in [0.5, 0.6) is 0 Å². The second-order valence-corrected chi connectivity index (χ2v) is 12.6. The fourth-order valence-electron chi connectivity index (χ4n) is 1.30. The molecule has 0 aromatic heterocycles. The van der Waals surface area contributed by atoms with Gasteiger partial charge < -0.3 is 17.7 Å². The minimum absolute atomic E-state index is 0.0223. The molecule has 102 valence electrons. The van der Waals surface area contributed by atoms with Gasteiger partial charge in [0.25, 0.3) is 0 Å². The molecular weight excluding hydrogens is 252 g/mol. The van der Waals surface area contributed by atoms with Gasteiger partial charge in [0.05, 0.1) is 14.2 Å². The van der Waals surface area contributed by atoms with Crippen molar-refractivity contribution in [1.29, 1.82) is 0 Å². The van der Waals surface area contributed by atoms with Crippen molar-refractivity contribution in [3.05, 3.63) is 11.8 Å². The Morgan fingerprint density at radius 2 is 1.47 bits per heavy atom. The first-order valence-corrected chi connectivity index (χ1v) is 11.0. The zero-order valence-corrected chi connectivity index (χ0v) is 14.1. The van der Waals surface area contributed by atoms with Crippen molar-refractivity contribution in [2.45, 2.75) is 39.1 Å². The molecule has 0 N–H and O–H groups in total. The maximum atomic E-state index is 5.74. The fourth-order valence-corrected chi connectivity index (χ4v) is 3.52. The lowest BCUT2D eigenvalue weighted by Crippen LogP contribution is -2.48. The topological polar surface area (TPSA) is 36.9 Å². The van der Waals surface area contributed by atoms with Gasteiger partial charge in [0.2, 0.25) is 0 Å². The molecule has 0 aromatic rings. The van der Waals surface area contributed by atoms with E-state index >= 15 is 0 Å². The molecular formula is C11H26O4Si2. The van der Waals surface area contributed by atoms with Gasteiger partial charge in [-0.25, -0.2) is 0 Å². The Bertz CT molecular complexity index is 226. The Kier molecular flexibility index (Phi) is 7.45. The van der Waals surface area contributed by atoms with E-state index in [-0.39, 0.29) is 6.10 Å². The van der Waals surface area contributed by atoms with Crippen molar-refractivity contribution in [2.75, 3.05) is 21.3 Å². The molecule has 6 heteroatoms. The van der Waals surface area contributed by atoms with Crippen LogP contribution in [0.3, 0.4) is 0 Å². The van der Waals surface area contributed by atoms with E-state index in [1.54, 1.807) is 21.3 Å². The summed E-state index contributed by atoms with van der Waals surface area (Å²) < 4.78 is 21.4. The number of hydrogen-bond donors (Lipinski definition) is 0. The minimum atomic E-state index is -2.90. The fraction of sp³-hybridized carbons (Fsp3) is 0.818. The van der Waals surface area contributed by atoms with Crippen molar-refractivity contribution >= 4 is 17.1 Å². The van der Waals surface area contributed by atoms with Gasteiger partial charge in [-0.3, -0.25) is 0 Å². The average Bonchev–Trinajstić information content (AvgIpc) is 2.24. The second kappa shape index (κ2) is 7.45. The Morgan fingerprint density at radius 3 is 1.82 bits per heavy atom. The lowest BCUT2D eigenvalue weighted by atomic mass is 10.3. The van der Waals surface area contributed by atoms with E-state index in [9.17, 15) is 0 Å². The Balaban J connectivity index is 4.25. The molecule has 1 unspecified atom stereocenters. The summed E-state index contributed by atoms with van der Waals surface area (Å²) in [5.74, 6) is 0. The molecule has 0 heterocycles. The number of rotatable bonds is 8. The maximum Gasteiger partial charge on any atom is 0.679 e. The Hall–Kier alpha value is 0.0138. The van der Waals surface area contributed by atoms with Crippen LogP contribution in [0.4, 0.5) is 0 Å². The third-order valence-corrected chi connectivity index (χ3v) is 5.61. The lowest BCUT2D eigenvalue weighted by molar-refractivity contribution is -0.0166. The summed E-state index contributed by atoms with van der Waals surface area (Å²) in [5.41, 5.74) is 2.31. The van der Waals surface area contributed by atoms with Crippen LogP contribution in [0.2, 0.25) is 19.6 Å². The Labute approximate surface area is 107 Å². The first-order valence-electron chi connectivity index (χ1n) is 5.79. The van der Waals surface area contributed by atoms with Crippen molar-refractivity contribution in [3.8, 4) is 0 Å². The molecule has 1 atom stereocenters. The smallest absolute Gasteiger partial charge is 0.355 e. The molecule has 0 aromatic carbocycles. The summed E-state index contributed by atoms with van der Waals surface area (Å²) in [4.78, 5) is 0. The molecule has 17 heavy (non-hydrogen) atoms. The van der Waals surface area contributed by atoms with E-state index in [1.165, 1.54) is 0 Å². The van der Waals surface area contributed by atoms with Crippen LogP contribution in [-0.2, 0) is 17.7 Å². The van der Waals surface area contributed by atoms with E-state index in [0.29, 0.717) is 0 Å². The molecule has 0 amide bonds. The highest BCUT2D eigenvalue weighted by atomic mass is 28.4. The highest BCUT2D eigenvalue weighted by Gasteiger charge is 2.43. The molecule has 0 rings (SSSR count). The Morgan fingerprint density at radius 1 is 1.00 bits per heavy atom. The van der Waals surface area contributed by atoms with Crippen LogP contribution in [0.15, 0.2) is 11.8 Å². The van der Waals surface area contributed by atoms with E-state index < -0.39 is 17.1 Å². The summed E-state index contributed by atoms with van der Waals surface area (Å²) in [6.07, 6.45) is 3.04. The largest absolute Gasteiger partial charge is 0.679 e. The molecule has 0 aliphatic rings. The van der Waals surface area contributed by atoms with Gasteiger partial charge in [0, 0.05) is 21.3 Å². The predicted octanol–water partition coefficient (Wildman–Crippen LogP) is 2.59. The SMILES string of the molecule is CO[Si](OC)(OC)OC(C)C/C=C\[Si](C)(C)C. The van der Waals surface area contributed by atoms with E-state index in [2.05, 4.69) is 31.4 Å². The van der Waals surface area contributed by atoms with Crippen LogP contribution < -0.4 is 0 Å². The maximum absolute atomic E-state index is 5.74. The lowest BCUT2D eigenvalue weighted by Gasteiger charge is -2.26. The average molecular weight is 278 g/mol. The van der Waals surface area contributed by atoms with Crippen LogP contribution in [-0.4, -0.2) is 44.6 Å².